The Kier molecular flexibility index (Phi) is 1.90. The topological polar surface area (TPSA) is 66.6 Å². The van der Waals surface area contributed by atoms with Gasteiger partial charge in [-0.25, -0.2) is 0 Å². The zero-order valence-electron chi connectivity index (χ0n) is 6.87. The summed E-state index contributed by atoms with van der Waals surface area (Å²) in [5, 5.41) is 9.59. The summed E-state index contributed by atoms with van der Waals surface area (Å²) < 4.78 is 0. The third-order valence-electron chi connectivity index (χ3n) is 2.36. The monoisotopic (exact) mass is 158 g/mol. The van der Waals surface area contributed by atoms with Gasteiger partial charge in [0.1, 0.15) is 0 Å². The van der Waals surface area contributed by atoms with Crippen molar-refractivity contribution in [2.45, 2.75) is 25.0 Å². The van der Waals surface area contributed by atoms with Gasteiger partial charge in [0.2, 0.25) is 0 Å². The quantitative estimate of drug-likeness (QED) is 0.510. The number of primary amides is 1. The van der Waals surface area contributed by atoms with Gasteiger partial charge in [-0.05, 0) is 14.0 Å². The first-order chi connectivity index (χ1) is 4.96. The first-order valence-electron chi connectivity index (χ1n) is 3.68. The summed E-state index contributed by atoms with van der Waals surface area (Å²) in [5.41, 5.74) is 3.74. The van der Waals surface area contributed by atoms with E-state index < -0.39 is 11.5 Å². The molecule has 1 aliphatic rings. The van der Waals surface area contributed by atoms with E-state index in [4.69, 9.17) is 5.73 Å². The van der Waals surface area contributed by atoms with Gasteiger partial charge in [0.15, 0.2) is 5.60 Å². The minimum Gasteiger partial charge on any atom is -0.379 e. The van der Waals surface area contributed by atoms with Gasteiger partial charge in [-0.1, -0.05) is 0 Å². The van der Waals surface area contributed by atoms with E-state index in [-0.39, 0.29) is 6.04 Å². The Hall–Kier alpha value is -0.610. The van der Waals surface area contributed by atoms with Crippen LogP contribution < -0.4 is 5.73 Å². The minimum absolute atomic E-state index is 0.229. The molecule has 1 rings (SSSR count). The number of likely N-dealkylation sites (tertiary alicyclic amines) is 1. The predicted molar refractivity (Wildman–Crippen MR) is 40.9 cm³/mol. The van der Waals surface area contributed by atoms with Crippen molar-refractivity contribution >= 4 is 5.91 Å². The number of nitrogens with zero attached hydrogens (tertiary/aromatic N) is 1. The molecule has 1 amide bonds. The maximum atomic E-state index is 10.8. The number of rotatable bonds is 1. The van der Waals surface area contributed by atoms with Crippen molar-refractivity contribution < 1.29 is 9.90 Å². The van der Waals surface area contributed by atoms with Crippen LogP contribution in [0.3, 0.4) is 0 Å². The molecule has 0 radical (unpaired) electrons. The fourth-order valence-corrected chi connectivity index (χ4v) is 1.46. The van der Waals surface area contributed by atoms with E-state index in [1.54, 1.807) is 0 Å². The zero-order chi connectivity index (χ0) is 8.65. The Morgan fingerprint density at radius 2 is 2.36 bits per heavy atom. The second-order valence-electron chi connectivity index (χ2n) is 3.36. The van der Waals surface area contributed by atoms with Crippen molar-refractivity contribution in [1.29, 1.82) is 0 Å². The average Bonchev–Trinajstić information content (AvgIpc) is 2.09. The maximum Gasteiger partial charge on any atom is 0.250 e. The molecule has 2 unspecified atom stereocenters. The first-order valence-corrected chi connectivity index (χ1v) is 3.68. The molecule has 64 valence electrons. The van der Waals surface area contributed by atoms with Crippen LogP contribution in [0.1, 0.15) is 13.3 Å². The third-order valence-corrected chi connectivity index (χ3v) is 2.36. The van der Waals surface area contributed by atoms with Gasteiger partial charge < -0.3 is 15.7 Å². The Morgan fingerprint density at radius 1 is 1.82 bits per heavy atom. The van der Waals surface area contributed by atoms with Crippen LogP contribution in [-0.2, 0) is 4.79 Å². The number of carbonyl (C=O) groups excluding carboxylic acids is 1. The molecule has 4 nitrogen and oxygen atoms in total. The fraction of sp³-hybridized carbons (Fsp3) is 0.857. The molecular weight excluding hydrogens is 144 g/mol. The fourth-order valence-electron chi connectivity index (χ4n) is 1.46. The molecule has 4 heteroatoms. The van der Waals surface area contributed by atoms with E-state index >= 15 is 0 Å². The lowest BCUT2D eigenvalue weighted by atomic mass is 10.0. The molecule has 3 N–H and O–H groups in total. The van der Waals surface area contributed by atoms with Crippen molar-refractivity contribution in [1.82, 2.24) is 4.90 Å². The van der Waals surface area contributed by atoms with Gasteiger partial charge in [-0.2, -0.15) is 0 Å². The third kappa shape index (κ3) is 1.36. The number of amides is 1. The molecule has 1 aliphatic heterocycles. The number of β-amino-alcohol motifs (C(OH)–C–C–N with tert-alkyl or cyclic N) is 1. The highest BCUT2D eigenvalue weighted by molar-refractivity contribution is 5.83. The molecule has 0 saturated carbocycles. The number of likely N-dealkylation sites (N-methyl/N-ethyl adjacent to an activating group) is 1. The highest BCUT2D eigenvalue weighted by Gasteiger charge is 2.43. The van der Waals surface area contributed by atoms with Crippen molar-refractivity contribution in [3.05, 3.63) is 0 Å². The van der Waals surface area contributed by atoms with Crippen LogP contribution in [0.25, 0.3) is 0 Å². The van der Waals surface area contributed by atoms with Gasteiger partial charge in [0.05, 0.1) is 0 Å². The molecule has 2 atom stereocenters. The van der Waals surface area contributed by atoms with Crippen LogP contribution in [0.2, 0.25) is 0 Å². The van der Waals surface area contributed by atoms with E-state index in [1.807, 2.05) is 18.9 Å². The van der Waals surface area contributed by atoms with Crippen LogP contribution >= 0.6 is 0 Å². The van der Waals surface area contributed by atoms with E-state index in [1.165, 1.54) is 0 Å². The molecule has 0 spiro atoms. The molecule has 1 heterocycles. The normalized spacial score (nSPS) is 39.4. The summed E-state index contributed by atoms with van der Waals surface area (Å²) >= 11 is 0. The SMILES string of the molecule is CC1CC(O)(C(N)=O)CN1C. The van der Waals surface area contributed by atoms with Crippen molar-refractivity contribution in [2.75, 3.05) is 13.6 Å². The van der Waals surface area contributed by atoms with Crippen LogP contribution in [0.4, 0.5) is 0 Å². The maximum absolute atomic E-state index is 10.8. The van der Waals surface area contributed by atoms with E-state index in [0.717, 1.165) is 0 Å². The molecule has 1 fully saturated rings. The van der Waals surface area contributed by atoms with E-state index in [9.17, 15) is 9.90 Å². The standard InChI is InChI=1S/C7H14N2O2/c1-5-3-7(11,6(8)10)4-9(5)2/h5,11H,3-4H2,1-2H3,(H2,8,10). The number of hydrogen-bond acceptors (Lipinski definition) is 3. The molecule has 0 aromatic heterocycles. The van der Waals surface area contributed by atoms with Gasteiger partial charge in [0, 0.05) is 19.0 Å². The lowest BCUT2D eigenvalue weighted by Gasteiger charge is -2.16. The number of carbonyl (C=O) groups is 1. The smallest absolute Gasteiger partial charge is 0.250 e. The number of aliphatic hydroxyl groups is 1. The number of nitrogens with two attached hydrogens (primary N) is 1. The Bertz CT molecular complexity index is 171. The van der Waals surface area contributed by atoms with Gasteiger partial charge in [-0.3, -0.25) is 4.79 Å². The van der Waals surface area contributed by atoms with E-state index in [2.05, 4.69) is 0 Å². The summed E-state index contributed by atoms with van der Waals surface area (Å²) in [6.07, 6.45) is 0.443. The molecule has 0 bridgehead atoms. The molecule has 0 aliphatic carbocycles. The summed E-state index contributed by atoms with van der Waals surface area (Å²) in [4.78, 5) is 12.7. The Balaban J connectivity index is 2.71. The second-order valence-corrected chi connectivity index (χ2v) is 3.36. The van der Waals surface area contributed by atoms with Gasteiger partial charge in [0.25, 0.3) is 5.91 Å². The van der Waals surface area contributed by atoms with Crippen molar-refractivity contribution in [3.8, 4) is 0 Å². The number of hydrogen-bond donors (Lipinski definition) is 2. The highest BCUT2D eigenvalue weighted by Crippen LogP contribution is 2.24. The van der Waals surface area contributed by atoms with Crippen LogP contribution in [0.5, 0.6) is 0 Å². The lowest BCUT2D eigenvalue weighted by molar-refractivity contribution is -0.134. The highest BCUT2D eigenvalue weighted by atomic mass is 16.3. The lowest BCUT2D eigenvalue weighted by Crippen LogP contribution is -2.45. The first kappa shape index (κ1) is 8.49. The summed E-state index contributed by atoms with van der Waals surface area (Å²) in [6, 6.07) is 0.229. The molecule has 0 aromatic rings. The minimum atomic E-state index is -1.30. The largest absolute Gasteiger partial charge is 0.379 e. The summed E-state index contributed by atoms with van der Waals surface area (Å²) in [6.45, 7) is 2.31. The summed E-state index contributed by atoms with van der Waals surface area (Å²) in [7, 11) is 1.87. The van der Waals surface area contributed by atoms with Crippen LogP contribution in [0.15, 0.2) is 0 Å². The van der Waals surface area contributed by atoms with Crippen LogP contribution in [0, 0.1) is 0 Å². The second kappa shape index (κ2) is 2.46. The van der Waals surface area contributed by atoms with Gasteiger partial charge in [-0.15, -0.1) is 0 Å². The Morgan fingerprint density at radius 3 is 2.55 bits per heavy atom. The molecule has 1 saturated heterocycles. The van der Waals surface area contributed by atoms with Crippen molar-refractivity contribution in [2.24, 2.45) is 5.73 Å². The van der Waals surface area contributed by atoms with Crippen LogP contribution in [-0.4, -0.2) is 41.1 Å². The molecule has 11 heavy (non-hydrogen) atoms. The average molecular weight is 158 g/mol. The summed E-state index contributed by atoms with van der Waals surface area (Å²) in [5.74, 6) is -0.617. The zero-order valence-corrected chi connectivity index (χ0v) is 6.87. The predicted octanol–water partition coefficient (Wildman–Crippen LogP) is -1.07. The molecular formula is C7H14N2O2. The Labute approximate surface area is 66.0 Å². The molecule has 0 aromatic carbocycles. The van der Waals surface area contributed by atoms with Crippen molar-refractivity contribution in [3.63, 3.8) is 0 Å². The van der Waals surface area contributed by atoms with E-state index in [0.29, 0.717) is 13.0 Å². The van der Waals surface area contributed by atoms with Gasteiger partial charge >= 0.3 is 0 Å².